The highest BCUT2D eigenvalue weighted by Crippen LogP contribution is 2.25. The molecule has 3 aromatic carbocycles. The summed E-state index contributed by atoms with van der Waals surface area (Å²) >= 11 is 6.20. The summed E-state index contributed by atoms with van der Waals surface area (Å²) in [6.45, 7) is 1.97. The first-order valence-electron chi connectivity index (χ1n) is 9.49. The number of rotatable bonds is 6. The first kappa shape index (κ1) is 19.7. The molecule has 6 heteroatoms. The van der Waals surface area contributed by atoms with Crippen molar-refractivity contribution in [2.24, 2.45) is 5.10 Å². The molecule has 4 aromatic rings. The molecule has 1 aromatic heterocycles. The lowest BCUT2D eigenvalue weighted by Crippen LogP contribution is -1.94. The summed E-state index contributed by atoms with van der Waals surface area (Å²) in [5.74, 6) is 0.800. The molecule has 0 fully saturated rings. The van der Waals surface area contributed by atoms with Gasteiger partial charge in [-0.2, -0.15) is 10.2 Å². The van der Waals surface area contributed by atoms with Crippen molar-refractivity contribution in [3.05, 3.63) is 95.1 Å². The van der Waals surface area contributed by atoms with Gasteiger partial charge >= 0.3 is 0 Å². The van der Waals surface area contributed by atoms with Crippen LogP contribution in [0.3, 0.4) is 0 Å². The Morgan fingerprint density at radius 2 is 1.80 bits per heavy atom. The first-order valence-corrected chi connectivity index (χ1v) is 9.86. The number of halogens is 1. The Morgan fingerprint density at radius 1 is 1.03 bits per heavy atom. The van der Waals surface area contributed by atoms with Crippen LogP contribution in [0, 0.1) is 6.92 Å². The molecule has 0 unspecified atom stereocenters. The van der Waals surface area contributed by atoms with Crippen LogP contribution in [0.1, 0.15) is 11.1 Å². The average molecular weight is 417 g/mol. The minimum Gasteiger partial charge on any atom is -0.497 e. The Kier molecular flexibility index (Phi) is 5.82. The third kappa shape index (κ3) is 4.36. The van der Waals surface area contributed by atoms with E-state index in [-0.39, 0.29) is 0 Å². The van der Waals surface area contributed by atoms with E-state index in [2.05, 4.69) is 10.5 Å². The molecule has 0 atom stereocenters. The second kappa shape index (κ2) is 8.84. The second-order valence-corrected chi connectivity index (χ2v) is 7.18. The third-order valence-corrected chi connectivity index (χ3v) is 5.10. The van der Waals surface area contributed by atoms with Crippen LogP contribution in [0.15, 0.2) is 84.1 Å². The molecule has 0 aliphatic heterocycles. The maximum Gasteiger partial charge on any atom is 0.118 e. The Morgan fingerprint density at radius 3 is 2.50 bits per heavy atom. The molecule has 0 amide bonds. The van der Waals surface area contributed by atoms with Crippen molar-refractivity contribution in [3.8, 4) is 22.7 Å². The third-order valence-electron chi connectivity index (χ3n) is 4.70. The predicted octanol–water partition coefficient (Wildman–Crippen LogP) is 5.96. The number of hydrogen-bond donors (Lipinski definition) is 1. The molecule has 5 nitrogen and oxygen atoms in total. The summed E-state index contributed by atoms with van der Waals surface area (Å²) in [5.41, 5.74) is 8.55. The lowest BCUT2D eigenvalue weighted by Gasteiger charge is -2.03. The maximum absolute atomic E-state index is 6.20. The maximum atomic E-state index is 6.20. The number of hydrazone groups is 1. The predicted molar refractivity (Wildman–Crippen MR) is 123 cm³/mol. The topological polar surface area (TPSA) is 51.4 Å². The minimum atomic E-state index is 0.700. The highest BCUT2D eigenvalue weighted by Gasteiger charge is 2.11. The van der Waals surface area contributed by atoms with Gasteiger partial charge in [-0.25, -0.2) is 4.68 Å². The lowest BCUT2D eigenvalue weighted by atomic mass is 10.1. The molecule has 1 N–H and O–H groups in total. The highest BCUT2D eigenvalue weighted by atomic mass is 35.5. The summed E-state index contributed by atoms with van der Waals surface area (Å²) in [4.78, 5) is 0. The fraction of sp³-hybridized carbons (Fsp3) is 0.0833. The smallest absolute Gasteiger partial charge is 0.118 e. The second-order valence-electron chi connectivity index (χ2n) is 6.78. The van der Waals surface area contributed by atoms with Crippen LogP contribution in [0.5, 0.6) is 5.75 Å². The summed E-state index contributed by atoms with van der Waals surface area (Å²) in [6, 6.07) is 23.5. The van der Waals surface area contributed by atoms with Crippen LogP contribution < -0.4 is 10.2 Å². The van der Waals surface area contributed by atoms with Crippen molar-refractivity contribution in [2.75, 3.05) is 12.5 Å². The van der Waals surface area contributed by atoms with E-state index >= 15 is 0 Å². The first-order chi connectivity index (χ1) is 14.6. The number of nitrogens with one attached hydrogen (secondary N) is 1. The fourth-order valence-corrected chi connectivity index (χ4v) is 3.19. The number of nitrogens with zero attached hydrogens (tertiary/aromatic N) is 3. The summed E-state index contributed by atoms with van der Waals surface area (Å²) in [5, 5.41) is 9.89. The van der Waals surface area contributed by atoms with Crippen LogP contribution in [0.2, 0.25) is 5.02 Å². The zero-order valence-corrected chi connectivity index (χ0v) is 17.5. The number of para-hydroxylation sites is 1. The van der Waals surface area contributed by atoms with Gasteiger partial charge in [0, 0.05) is 22.3 Å². The number of ether oxygens (including phenoxy) is 1. The molecule has 0 aliphatic carbocycles. The van der Waals surface area contributed by atoms with Gasteiger partial charge in [-0.1, -0.05) is 35.9 Å². The molecule has 150 valence electrons. The van der Waals surface area contributed by atoms with Gasteiger partial charge < -0.3 is 4.74 Å². The zero-order chi connectivity index (χ0) is 20.9. The molecule has 0 radical (unpaired) electrons. The quantitative estimate of drug-likeness (QED) is 0.312. The van der Waals surface area contributed by atoms with Crippen LogP contribution in [-0.2, 0) is 0 Å². The van der Waals surface area contributed by atoms with E-state index in [4.69, 9.17) is 21.4 Å². The molecule has 4 rings (SSSR count). The van der Waals surface area contributed by atoms with E-state index in [1.54, 1.807) is 13.3 Å². The number of anilines is 1. The van der Waals surface area contributed by atoms with Crippen LogP contribution in [0.25, 0.3) is 16.9 Å². The SMILES string of the molecule is COc1ccc(-c2nn(-c3ccccc3)cc2C=NNc2ccc(C)c(Cl)c2)cc1. The van der Waals surface area contributed by atoms with Gasteiger partial charge in [0.15, 0.2) is 0 Å². The summed E-state index contributed by atoms with van der Waals surface area (Å²) in [6.07, 6.45) is 3.72. The fourth-order valence-electron chi connectivity index (χ4n) is 3.01. The van der Waals surface area contributed by atoms with E-state index in [1.807, 2.05) is 90.6 Å². The van der Waals surface area contributed by atoms with Crippen LogP contribution >= 0.6 is 11.6 Å². The summed E-state index contributed by atoms with van der Waals surface area (Å²) < 4.78 is 7.12. The molecule has 0 saturated carbocycles. The molecule has 0 spiro atoms. The Bertz CT molecular complexity index is 1170. The number of aromatic nitrogens is 2. The van der Waals surface area contributed by atoms with Gasteiger partial charge in [-0.15, -0.1) is 0 Å². The molecule has 1 heterocycles. The standard InChI is InChI=1S/C24H21ClN4O/c1-17-8-11-20(14-23(17)25)27-26-15-19-16-29(21-6-4-3-5-7-21)28-24(19)18-9-12-22(30-2)13-10-18/h3-16,27H,1-2H3. The van der Waals surface area contributed by atoms with E-state index in [0.717, 1.165) is 39.5 Å². The summed E-state index contributed by atoms with van der Waals surface area (Å²) in [7, 11) is 1.65. The van der Waals surface area contributed by atoms with Gasteiger partial charge in [0.1, 0.15) is 11.4 Å². The molecule has 0 bridgehead atoms. The Labute approximate surface area is 180 Å². The number of hydrogen-bond acceptors (Lipinski definition) is 4. The van der Waals surface area contributed by atoms with Crippen molar-refractivity contribution in [3.63, 3.8) is 0 Å². The largest absolute Gasteiger partial charge is 0.497 e. The van der Waals surface area contributed by atoms with E-state index < -0.39 is 0 Å². The van der Waals surface area contributed by atoms with Gasteiger partial charge in [0.25, 0.3) is 0 Å². The average Bonchev–Trinajstić information content (AvgIpc) is 3.21. The molecular weight excluding hydrogens is 396 g/mol. The van der Waals surface area contributed by atoms with Crippen molar-refractivity contribution in [1.82, 2.24) is 9.78 Å². The Balaban J connectivity index is 1.67. The van der Waals surface area contributed by atoms with Crippen LogP contribution in [0.4, 0.5) is 5.69 Å². The number of aryl methyl sites for hydroxylation is 1. The van der Waals surface area contributed by atoms with Gasteiger partial charge in [0.05, 0.1) is 24.7 Å². The molecule has 0 aliphatic rings. The van der Waals surface area contributed by atoms with Gasteiger partial charge in [-0.05, 0) is 61.0 Å². The monoisotopic (exact) mass is 416 g/mol. The van der Waals surface area contributed by atoms with E-state index in [0.29, 0.717) is 5.02 Å². The minimum absolute atomic E-state index is 0.700. The molecular formula is C24H21ClN4O. The Hall–Kier alpha value is -3.57. The zero-order valence-electron chi connectivity index (χ0n) is 16.7. The van der Waals surface area contributed by atoms with E-state index in [1.165, 1.54) is 0 Å². The number of methoxy groups -OCH3 is 1. The highest BCUT2D eigenvalue weighted by molar-refractivity contribution is 6.31. The molecule has 30 heavy (non-hydrogen) atoms. The van der Waals surface area contributed by atoms with Crippen molar-refractivity contribution < 1.29 is 4.74 Å². The van der Waals surface area contributed by atoms with Gasteiger partial charge in [0.2, 0.25) is 0 Å². The normalized spacial score (nSPS) is 11.0. The van der Waals surface area contributed by atoms with Crippen molar-refractivity contribution in [2.45, 2.75) is 6.92 Å². The van der Waals surface area contributed by atoms with E-state index in [9.17, 15) is 0 Å². The van der Waals surface area contributed by atoms with Crippen molar-refractivity contribution >= 4 is 23.5 Å². The molecule has 0 saturated heterocycles. The van der Waals surface area contributed by atoms with Crippen LogP contribution in [-0.4, -0.2) is 23.1 Å². The van der Waals surface area contributed by atoms with Crippen molar-refractivity contribution in [1.29, 1.82) is 0 Å². The lowest BCUT2D eigenvalue weighted by molar-refractivity contribution is 0.415. The number of benzene rings is 3. The van der Waals surface area contributed by atoms with Gasteiger partial charge in [-0.3, -0.25) is 5.43 Å².